The van der Waals surface area contributed by atoms with Crippen LogP contribution < -0.4 is 5.32 Å². The molecule has 5 heteroatoms. The summed E-state index contributed by atoms with van der Waals surface area (Å²) in [4.78, 5) is 14.7. The van der Waals surface area contributed by atoms with Crippen LogP contribution in [0.3, 0.4) is 0 Å². The summed E-state index contributed by atoms with van der Waals surface area (Å²) < 4.78 is 0. The van der Waals surface area contributed by atoms with Crippen molar-refractivity contribution in [2.45, 2.75) is 25.3 Å². The molecule has 0 spiro atoms. The molecule has 1 aliphatic rings. The first-order valence-corrected chi connectivity index (χ1v) is 9.86. The normalized spacial score (nSPS) is 16.7. The van der Waals surface area contributed by atoms with E-state index >= 15 is 0 Å². The van der Waals surface area contributed by atoms with E-state index in [4.69, 9.17) is 0 Å². The molecule has 2 N–H and O–H groups in total. The van der Waals surface area contributed by atoms with Crippen LogP contribution in [0.1, 0.15) is 40.4 Å². The first-order valence-electron chi connectivity index (χ1n) is 9.86. The second-order valence-electron chi connectivity index (χ2n) is 7.47. The van der Waals surface area contributed by atoms with E-state index in [-0.39, 0.29) is 5.91 Å². The number of nitrogens with zero attached hydrogens (tertiary/aromatic N) is 2. The van der Waals surface area contributed by atoms with Gasteiger partial charge in [0.05, 0.1) is 17.9 Å². The summed E-state index contributed by atoms with van der Waals surface area (Å²) in [5.41, 5.74) is 4.87. The molecule has 0 unspecified atom stereocenters. The predicted molar refractivity (Wildman–Crippen MR) is 111 cm³/mol. The molecule has 28 heavy (non-hydrogen) atoms. The molecule has 2 heterocycles. The summed E-state index contributed by atoms with van der Waals surface area (Å²) in [6.07, 6.45) is 2.36. The number of carbonyl (C=O) groups excluding carboxylic acids is 1. The maximum absolute atomic E-state index is 12.9. The number of carbonyl (C=O) groups is 1. The van der Waals surface area contributed by atoms with Gasteiger partial charge in [-0.15, -0.1) is 0 Å². The van der Waals surface area contributed by atoms with Crippen molar-refractivity contribution in [2.24, 2.45) is 0 Å². The number of hydrogen-bond donors (Lipinski definition) is 2. The highest BCUT2D eigenvalue weighted by Crippen LogP contribution is 2.24. The summed E-state index contributed by atoms with van der Waals surface area (Å²) in [7, 11) is 1.83. The Labute approximate surface area is 165 Å². The first kappa shape index (κ1) is 18.4. The fourth-order valence-electron chi connectivity index (χ4n) is 3.81. The van der Waals surface area contributed by atoms with Crippen LogP contribution in [0.4, 0.5) is 0 Å². The summed E-state index contributed by atoms with van der Waals surface area (Å²) in [6, 6.07) is 20.1. The van der Waals surface area contributed by atoms with Gasteiger partial charge >= 0.3 is 0 Å². The zero-order valence-corrected chi connectivity index (χ0v) is 16.2. The van der Waals surface area contributed by atoms with Gasteiger partial charge in [0.2, 0.25) is 0 Å². The third-order valence-electron chi connectivity index (χ3n) is 5.36. The minimum Gasteiger partial charge on any atom is -0.336 e. The Hall–Kier alpha value is -2.92. The van der Waals surface area contributed by atoms with Gasteiger partial charge < -0.3 is 10.2 Å². The molecule has 5 nitrogen and oxygen atoms in total. The van der Waals surface area contributed by atoms with E-state index in [0.29, 0.717) is 12.5 Å². The summed E-state index contributed by atoms with van der Waals surface area (Å²) in [5, 5.41) is 10.9. The highest BCUT2D eigenvalue weighted by atomic mass is 16.2. The predicted octanol–water partition coefficient (Wildman–Crippen LogP) is 3.82. The van der Waals surface area contributed by atoms with Gasteiger partial charge in [0.1, 0.15) is 0 Å². The molecule has 0 aliphatic carbocycles. The van der Waals surface area contributed by atoms with Crippen LogP contribution in [-0.2, 0) is 6.54 Å². The third kappa shape index (κ3) is 4.15. The summed E-state index contributed by atoms with van der Waals surface area (Å²) in [5.74, 6) is 0.523. The summed E-state index contributed by atoms with van der Waals surface area (Å²) >= 11 is 0. The molecule has 0 bridgehead atoms. The van der Waals surface area contributed by atoms with E-state index in [9.17, 15) is 4.79 Å². The molecule has 1 fully saturated rings. The Bertz CT molecular complexity index is 929. The largest absolute Gasteiger partial charge is 0.336 e. The molecule has 1 aliphatic heterocycles. The van der Waals surface area contributed by atoms with Crippen molar-refractivity contribution < 1.29 is 4.79 Å². The maximum Gasteiger partial charge on any atom is 0.253 e. The van der Waals surface area contributed by atoms with Crippen molar-refractivity contribution >= 4 is 5.91 Å². The lowest BCUT2D eigenvalue weighted by Gasteiger charge is -2.24. The molecular weight excluding hydrogens is 348 g/mol. The van der Waals surface area contributed by atoms with Crippen molar-refractivity contribution in [3.63, 3.8) is 0 Å². The van der Waals surface area contributed by atoms with Crippen LogP contribution in [0.25, 0.3) is 11.3 Å². The Kier molecular flexibility index (Phi) is 5.53. The average molecular weight is 374 g/mol. The monoisotopic (exact) mass is 374 g/mol. The average Bonchev–Trinajstić information content (AvgIpc) is 3.23. The lowest BCUT2D eigenvalue weighted by atomic mass is 9.90. The van der Waals surface area contributed by atoms with Gasteiger partial charge in [-0.05, 0) is 49.1 Å². The Morgan fingerprint density at radius 2 is 2.00 bits per heavy atom. The van der Waals surface area contributed by atoms with E-state index in [0.717, 1.165) is 35.6 Å². The fraction of sp³-hybridized carbons (Fsp3) is 0.304. The second-order valence-corrected chi connectivity index (χ2v) is 7.47. The van der Waals surface area contributed by atoms with E-state index in [1.807, 2.05) is 55.6 Å². The number of nitrogens with one attached hydrogen (secondary N) is 2. The lowest BCUT2D eigenvalue weighted by molar-refractivity contribution is 0.0783. The second kappa shape index (κ2) is 8.40. The molecular formula is C23H26N4O. The minimum atomic E-state index is 0.0291. The Balaban J connectivity index is 1.44. The fourth-order valence-corrected chi connectivity index (χ4v) is 3.81. The number of piperidine rings is 1. The zero-order valence-electron chi connectivity index (χ0n) is 16.2. The van der Waals surface area contributed by atoms with Crippen LogP contribution in [0.5, 0.6) is 0 Å². The molecule has 0 saturated carbocycles. The van der Waals surface area contributed by atoms with Crippen LogP contribution in [0, 0.1) is 0 Å². The quantitative estimate of drug-likeness (QED) is 0.714. The molecule has 1 amide bonds. The maximum atomic E-state index is 12.9. The number of hydrogen-bond acceptors (Lipinski definition) is 3. The molecule has 2 aromatic carbocycles. The topological polar surface area (TPSA) is 61.0 Å². The van der Waals surface area contributed by atoms with Crippen molar-refractivity contribution in [3.05, 3.63) is 77.5 Å². The van der Waals surface area contributed by atoms with Crippen LogP contribution in [0.15, 0.2) is 60.7 Å². The van der Waals surface area contributed by atoms with Crippen molar-refractivity contribution in [1.82, 2.24) is 20.4 Å². The number of benzene rings is 2. The lowest BCUT2D eigenvalue weighted by Crippen LogP contribution is -2.29. The smallest absolute Gasteiger partial charge is 0.253 e. The molecule has 1 aromatic heterocycles. The van der Waals surface area contributed by atoms with Gasteiger partial charge in [0.25, 0.3) is 5.91 Å². The van der Waals surface area contributed by atoms with E-state index in [1.165, 1.54) is 18.4 Å². The van der Waals surface area contributed by atoms with Gasteiger partial charge in [-0.1, -0.05) is 42.5 Å². The van der Waals surface area contributed by atoms with E-state index in [1.54, 1.807) is 4.90 Å². The number of aromatic nitrogens is 2. The highest BCUT2D eigenvalue weighted by Gasteiger charge is 2.18. The van der Waals surface area contributed by atoms with Crippen molar-refractivity contribution in [1.29, 1.82) is 0 Å². The highest BCUT2D eigenvalue weighted by molar-refractivity contribution is 5.94. The minimum absolute atomic E-state index is 0.0291. The van der Waals surface area contributed by atoms with Gasteiger partial charge in [-0.25, -0.2) is 0 Å². The number of H-pyrrole nitrogens is 1. The van der Waals surface area contributed by atoms with Crippen LogP contribution in [0.2, 0.25) is 0 Å². The van der Waals surface area contributed by atoms with Crippen LogP contribution in [-0.4, -0.2) is 41.1 Å². The standard InChI is InChI=1S/C23H26N4O/c1-27(16-21-14-22(26-25-21)17-7-3-2-4-8-17)23(28)19-10-5-9-18(13-19)20-11-6-12-24-15-20/h2-5,7-10,13-14,20,24H,6,11-12,15-16H2,1H3,(H,25,26)/t20-/m0/s1. The molecule has 1 saturated heterocycles. The molecule has 4 rings (SSSR count). The molecule has 0 radical (unpaired) electrons. The van der Waals surface area contributed by atoms with Gasteiger partial charge in [-0.2, -0.15) is 5.10 Å². The molecule has 3 aromatic rings. The Morgan fingerprint density at radius 3 is 2.79 bits per heavy atom. The van der Waals surface area contributed by atoms with E-state index < -0.39 is 0 Å². The van der Waals surface area contributed by atoms with Gasteiger partial charge in [0.15, 0.2) is 0 Å². The van der Waals surface area contributed by atoms with Crippen molar-refractivity contribution in [3.8, 4) is 11.3 Å². The third-order valence-corrected chi connectivity index (χ3v) is 5.36. The first-order chi connectivity index (χ1) is 13.7. The Morgan fingerprint density at radius 1 is 1.14 bits per heavy atom. The van der Waals surface area contributed by atoms with Crippen LogP contribution >= 0.6 is 0 Å². The number of amides is 1. The van der Waals surface area contributed by atoms with Gasteiger partial charge in [0, 0.05) is 24.7 Å². The molecule has 1 atom stereocenters. The number of aromatic amines is 1. The summed E-state index contributed by atoms with van der Waals surface area (Å²) in [6.45, 7) is 2.57. The van der Waals surface area contributed by atoms with Gasteiger partial charge in [-0.3, -0.25) is 9.89 Å². The number of rotatable bonds is 5. The van der Waals surface area contributed by atoms with Crippen molar-refractivity contribution in [2.75, 3.05) is 20.1 Å². The zero-order chi connectivity index (χ0) is 19.3. The molecule has 144 valence electrons. The van der Waals surface area contributed by atoms with E-state index in [2.05, 4.69) is 27.6 Å². The SMILES string of the molecule is CN(Cc1cc(-c2ccccc2)n[nH]1)C(=O)c1cccc([C@H]2CCCNC2)c1.